The van der Waals surface area contributed by atoms with Crippen LogP contribution in [0.3, 0.4) is 0 Å². The monoisotopic (exact) mass is 715 g/mol. The molecule has 1 aliphatic carbocycles. The molecule has 282 valence electrons. The van der Waals surface area contributed by atoms with E-state index in [1.165, 1.54) is 9.80 Å². The zero-order chi connectivity index (χ0) is 38.4. The van der Waals surface area contributed by atoms with Crippen LogP contribution in [0.2, 0.25) is 0 Å². The van der Waals surface area contributed by atoms with Gasteiger partial charge in [-0.25, -0.2) is 4.79 Å². The van der Waals surface area contributed by atoms with Crippen LogP contribution in [0.25, 0.3) is 0 Å². The molecular formula is C35H53N7O9. The number of hydrogen-bond donors (Lipinski definition) is 7. The largest absolute Gasteiger partial charge is 0.392 e. The molecule has 0 bridgehead atoms. The predicted octanol–water partition coefficient (Wildman–Crippen LogP) is -0.590. The Morgan fingerprint density at radius 1 is 0.980 bits per heavy atom. The van der Waals surface area contributed by atoms with Crippen LogP contribution in [-0.2, 0) is 28.8 Å². The minimum Gasteiger partial charge on any atom is -0.392 e. The summed E-state index contributed by atoms with van der Waals surface area (Å²) in [4.78, 5) is 95.2. The van der Waals surface area contributed by atoms with E-state index in [1.54, 1.807) is 72.1 Å². The molecule has 1 saturated carbocycles. The van der Waals surface area contributed by atoms with Crippen molar-refractivity contribution in [3.63, 3.8) is 0 Å². The minimum atomic E-state index is -1.54. The van der Waals surface area contributed by atoms with Gasteiger partial charge in [-0.2, -0.15) is 0 Å². The Bertz CT molecular complexity index is 1480. The smallest absolute Gasteiger partial charge is 0.317 e. The van der Waals surface area contributed by atoms with E-state index < -0.39 is 90.3 Å². The second-order valence-corrected chi connectivity index (χ2v) is 15.0. The molecule has 7 N–H and O–H groups in total. The van der Waals surface area contributed by atoms with Crippen LogP contribution < -0.4 is 26.6 Å². The third-order valence-corrected chi connectivity index (χ3v) is 9.59. The fraction of sp³-hybridized carbons (Fsp3) is 0.629. The maximum atomic E-state index is 14.0. The number of aliphatic hydroxyl groups excluding tert-OH is 2. The number of piperidine rings is 1. The standard InChI is InChI=1S/C35H53N7O9/c1-9-13-21(27(46)30(48)36-16-22(44)38-25(31(49)41(7)8)19-14-11-10-12-15-19)37-29(47)26-24-20(35(24,5)6)17-42(26)32(50)28(34(2,3)4)40-33(51)39-23(45)18-43/h10-12,14-15,20-21,23-26,28,43,45H,9,13,16-18H2,1-8H3,(H,36,48)(H,37,47)(H,38,44)(H2,39,40,51)/t20-,21?,23?,24-,25-,26-,28+/m0/s1. The van der Waals surface area contributed by atoms with Gasteiger partial charge in [-0.05, 0) is 34.7 Å². The Balaban J connectivity index is 1.73. The molecule has 7 atom stereocenters. The number of rotatable bonds is 15. The van der Waals surface area contributed by atoms with E-state index in [0.29, 0.717) is 12.0 Å². The molecular weight excluding hydrogens is 662 g/mol. The van der Waals surface area contributed by atoms with Crippen LogP contribution >= 0.6 is 0 Å². The normalized spacial score (nSPS) is 21.1. The number of aliphatic hydroxyl groups is 2. The maximum Gasteiger partial charge on any atom is 0.317 e. The number of urea groups is 1. The summed E-state index contributed by atoms with van der Waals surface area (Å²) in [6, 6.07) is 3.28. The Hall–Kier alpha value is -4.57. The lowest BCUT2D eigenvalue weighted by molar-refractivity contribution is -0.145. The average Bonchev–Trinajstić information content (AvgIpc) is 3.37. The molecule has 7 amide bonds. The summed E-state index contributed by atoms with van der Waals surface area (Å²) >= 11 is 0. The molecule has 2 fully saturated rings. The number of nitrogens with one attached hydrogen (secondary N) is 5. The number of likely N-dealkylation sites (N-methyl/N-ethyl adjacent to an activating group) is 1. The van der Waals surface area contributed by atoms with Gasteiger partial charge in [0.2, 0.25) is 29.4 Å². The number of benzene rings is 1. The third kappa shape index (κ3) is 9.82. The van der Waals surface area contributed by atoms with Gasteiger partial charge in [-0.3, -0.25) is 28.8 Å². The van der Waals surface area contributed by atoms with Gasteiger partial charge < -0.3 is 46.6 Å². The first kappa shape index (κ1) is 40.9. The lowest BCUT2D eigenvalue weighted by Crippen LogP contribution is -2.62. The molecule has 16 heteroatoms. The third-order valence-electron chi connectivity index (χ3n) is 9.59. The van der Waals surface area contributed by atoms with Gasteiger partial charge in [-0.15, -0.1) is 0 Å². The first-order valence-electron chi connectivity index (χ1n) is 17.1. The van der Waals surface area contributed by atoms with Gasteiger partial charge in [0.1, 0.15) is 18.1 Å². The predicted molar refractivity (Wildman–Crippen MR) is 185 cm³/mol. The highest BCUT2D eigenvalue weighted by Gasteiger charge is 2.70. The van der Waals surface area contributed by atoms with Crippen LogP contribution in [0.15, 0.2) is 30.3 Å². The Morgan fingerprint density at radius 2 is 1.61 bits per heavy atom. The van der Waals surface area contributed by atoms with Gasteiger partial charge in [0.25, 0.3) is 5.91 Å². The van der Waals surface area contributed by atoms with E-state index in [-0.39, 0.29) is 30.2 Å². The number of amides is 7. The number of carbonyl (C=O) groups is 7. The number of likely N-dealkylation sites (tertiary alicyclic amines) is 1. The fourth-order valence-electron chi connectivity index (χ4n) is 6.62. The molecule has 1 heterocycles. The minimum absolute atomic E-state index is 0.0240. The molecule has 0 radical (unpaired) electrons. The van der Waals surface area contributed by atoms with Gasteiger partial charge in [0.15, 0.2) is 6.23 Å². The van der Waals surface area contributed by atoms with Crippen LogP contribution in [0.5, 0.6) is 0 Å². The second-order valence-electron chi connectivity index (χ2n) is 15.0. The summed E-state index contributed by atoms with van der Waals surface area (Å²) < 4.78 is 0. The first-order chi connectivity index (χ1) is 23.8. The van der Waals surface area contributed by atoms with Crippen molar-refractivity contribution in [3.05, 3.63) is 35.9 Å². The van der Waals surface area contributed by atoms with Crippen LogP contribution in [-0.4, -0.2) is 120 Å². The molecule has 1 saturated heterocycles. The van der Waals surface area contributed by atoms with E-state index in [9.17, 15) is 38.7 Å². The number of hydrogen-bond acceptors (Lipinski definition) is 9. The molecule has 51 heavy (non-hydrogen) atoms. The second kappa shape index (κ2) is 16.6. The van der Waals surface area contributed by atoms with Crippen molar-refractivity contribution in [2.45, 2.75) is 84.8 Å². The molecule has 0 spiro atoms. The van der Waals surface area contributed by atoms with Crippen LogP contribution in [0, 0.1) is 22.7 Å². The molecule has 2 aliphatic rings. The average molecular weight is 716 g/mol. The van der Waals surface area contributed by atoms with Gasteiger partial charge in [-0.1, -0.05) is 78.3 Å². The Labute approximate surface area is 298 Å². The van der Waals surface area contributed by atoms with Crippen molar-refractivity contribution in [2.24, 2.45) is 22.7 Å². The number of carbonyl (C=O) groups excluding carboxylic acids is 7. The zero-order valence-corrected chi connectivity index (χ0v) is 30.6. The summed E-state index contributed by atoms with van der Waals surface area (Å²) in [6.45, 7) is 9.81. The fourth-order valence-corrected chi connectivity index (χ4v) is 6.62. The highest BCUT2D eigenvalue weighted by Crippen LogP contribution is 2.65. The molecule has 16 nitrogen and oxygen atoms in total. The maximum absolute atomic E-state index is 14.0. The summed E-state index contributed by atoms with van der Waals surface area (Å²) in [5, 5.41) is 31.0. The van der Waals surface area contributed by atoms with Crippen LogP contribution in [0.4, 0.5) is 4.79 Å². The van der Waals surface area contributed by atoms with Gasteiger partial charge >= 0.3 is 6.03 Å². The topological polar surface area (TPSA) is 227 Å². The number of fused-ring (bicyclic) bond motifs is 1. The van der Waals surface area contributed by atoms with E-state index >= 15 is 0 Å². The van der Waals surface area contributed by atoms with Crippen molar-refractivity contribution in [3.8, 4) is 0 Å². The summed E-state index contributed by atoms with van der Waals surface area (Å²) in [5.41, 5.74) is -0.577. The van der Waals surface area contributed by atoms with E-state index in [1.807, 2.05) is 13.8 Å². The number of ketones is 1. The lowest BCUT2D eigenvalue weighted by atomic mass is 9.85. The SMILES string of the molecule is CCCC(NC(=O)[C@@H]1[C@@H]2[C@H](CN1C(=O)[C@@H](NC(=O)NC(O)CO)C(C)(C)C)C2(C)C)C(=O)C(=O)NCC(=O)N[C@H](C(=O)N(C)C)c1ccccc1. The number of nitrogens with zero attached hydrogens (tertiary/aromatic N) is 2. The van der Waals surface area contributed by atoms with Crippen molar-refractivity contribution in [1.82, 2.24) is 36.4 Å². The molecule has 3 rings (SSSR count). The Kier molecular flexibility index (Phi) is 13.3. The van der Waals surface area contributed by atoms with Crippen molar-refractivity contribution < 1.29 is 43.8 Å². The van der Waals surface area contributed by atoms with Crippen LogP contribution in [0.1, 0.15) is 66.0 Å². The quantitative estimate of drug-likeness (QED) is 0.0909. The molecule has 1 aliphatic heterocycles. The molecule has 0 aromatic heterocycles. The summed E-state index contributed by atoms with van der Waals surface area (Å²) in [6.07, 6.45) is -1.02. The van der Waals surface area contributed by atoms with Gasteiger partial charge in [0.05, 0.1) is 19.2 Å². The van der Waals surface area contributed by atoms with Crippen molar-refractivity contribution >= 4 is 41.4 Å². The number of Topliss-reactive ketones (excluding diaryl/α,β-unsaturated/α-hetero) is 1. The van der Waals surface area contributed by atoms with E-state index in [2.05, 4.69) is 26.6 Å². The summed E-state index contributed by atoms with van der Waals surface area (Å²) in [5.74, 6) is -4.61. The summed E-state index contributed by atoms with van der Waals surface area (Å²) in [7, 11) is 3.09. The van der Waals surface area contributed by atoms with Crippen molar-refractivity contribution in [1.29, 1.82) is 0 Å². The molecule has 1 aromatic carbocycles. The highest BCUT2D eigenvalue weighted by molar-refractivity contribution is 6.38. The van der Waals surface area contributed by atoms with Crippen molar-refractivity contribution in [2.75, 3.05) is 33.8 Å². The van der Waals surface area contributed by atoms with E-state index in [4.69, 9.17) is 5.11 Å². The van der Waals surface area contributed by atoms with Gasteiger partial charge in [0, 0.05) is 20.6 Å². The molecule has 1 aromatic rings. The first-order valence-corrected chi connectivity index (χ1v) is 17.1. The zero-order valence-electron chi connectivity index (χ0n) is 30.6. The lowest BCUT2D eigenvalue weighted by Gasteiger charge is -2.38. The van der Waals surface area contributed by atoms with E-state index in [0.717, 1.165) is 0 Å². The Morgan fingerprint density at radius 3 is 2.16 bits per heavy atom. The highest BCUT2D eigenvalue weighted by atomic mass is 16.3. The molecule has 2 unspecified atom stereocenters.